The Kier molecular flexibility index (Phi) is 4.14. The van der Waals surface area contributed by atoms with E-state index in [0.717, 1.165) is 32.1 Å². The third-order valence-corrected chi connectivity index (χ3v) is 4.22. The second kappa shape index (κ2) is 6.21. The van der Waals surface area contributed by atoms with Crippen LogP contribution in [0, 0.1) is 0 Å². The van der Waals surface area contributed by atoms with Crippen LogP contribution in [0.4, 0.5) is 0 Å². The predicted molar refractivity (Wildman–Crippen MR) is 80.9 cm³/mol. The second-order valence-corrected chi connectivity index (χ2v) is 5.59. The van der Waals surface area contributed by atoms with Crippen LogP contribution >= 0.6 is 0 Å². The standard InChI is InChI=1S/C18H21NO/c20-19-18-8-4-7-16-13-15(11-12-17(16)18)10-9-14-5-2-1-3-6-14/h1-3,5-6,11-13,18-20H,4,7-10H2. The second-order valence-electron chi connectivity index (χ2n) is 5.59. The first-order valence-electron chi connectivity index (χ1n) is 7.42. The highest BCUT2D eigenvalue weighted by atomic mass is 16.5. The van der Waals surface area contributed by atoms with E-state index in [9.17, 15) is 5.21 Å². The smallest absolute Gasteiger partial charge is 0.0571 e. The van der Waals surface area contributed by atoms with E-state index in [1.807, 2.05) is 0 Å². The Balaban J connectivity index is 1.72. The summed E-state index contributed by atoms with van der Waals surface area (Å²) in [6.07, 6.45) is 5.46. The zero-order chi connectivity index (χ0) is 13.8. The molecule has 2 heteroatoms. The van der Waals surface area contributed by atoms with Gasteiger partial charge in [-0.25, -0.2) is 0 Å². The van der Waals surface area contributed by atoms with Crippen molar-refractivity contribution in [2.75, 3.05) is 0 Å². The zero-order valence-corrected chi connectivity index (χ0v) is 11.7. The molecule has 104 valence electrons. The Hall–Kier alpha value is -1.64. The van der Waals surface area contributed by atoms with Crippen molar-refractivity contribution in [3.05, 3.63) is 70.8 Å². The first kappa shape index (κ1) is 13.3. The maximum Gasteiger partial charge on any atom is 0.0571 e. The minimum atomic E-state index is 0.113. The van der Waals surface area contributed by atoms with Crippen molar-refractivity contribution in [2.24, 2.45) is 0 Å². The van der Waals surface area contributed by atoms with Crippen molar-refractivity contribution >= 4 is 0 Å². The van der Waals surface area contributed by atoms with Crippen LogP contribution < -0.4 is 5.48 Å². The molecule has 20 heavy (non-hydrogen) atoms. The number of benzene rings is 2. The van der Waals surface area contributed by atoms with Gasteiger partial charge in [-0.3, -0.25) is 0 Å². The molecule has 2 N–H and O–H groups in total. The molecule has 0 spiro atoms. The van der Waals surface area contributed by atoms with Crippen molar-refractivity contribution in [1.29, 1.82) is 0 Å². The monoisotopic (exact) mass is 267 g/mol. The summed E-state index contributed by atoms with van der Waals surface area (Å²) in [5, 5.41) is 9.21. The summed E-state index contributed by atoms with van der Waals surface area (Å²) in [4.78, 5) is 0. The number of aryl methyl sites for hydroxylation is 3. The summed E-state index contributed by atoms with van der Waals surface area (Å²) in [6.45, 7) is 0. The quantitative estimate of drug-likeness (QED) is 0.825. The van der Waals surface area contributed by atoms with Crippen LogP contribution in [0.5, 0.6) is 0 Å². The van der Waals surface area contributed by atoms with E-state index in [4.69, 9.17) is 0 Å². The molecule has 2 nitrogen and oxygen atoms in total. The molecular formula is C18H21NO. The molecule has 0 fully saturated rings. The first-order valence-corrected chi connectivity index (χ1v) is 7.42. The topological polar surface area (TPSA) is 32.3 Å². The average molecular weight is 267 g/mol. The van der Waals surface area contributed by atoms with Gasteiger partial charge in [0.2, 0.25) is 0 Å². The molecule has 2 aromatic rings. The van der Waals surface area contributed by atoms with Crippen molar-refractivity contribution in [1.82, 2.24) is 5.48 Å². The highest BCUT2D eigenvalue weighted by Gasteiger charge is 2.19. The molecule has 0 heterocycles. The van der Waals surface area contributed by atoms with Crippen molar-refractivity contribution in [3.8, 4) is 0 Å². The van der Waals surface area contributed by atoms with Crippen molar-refractivity contribution in [2.45, 2.75) is 38.1 Å². The highest BCUT2D eigenvalue weighted by Crippen LogP contribution is 2.30. The third kappa shape index (κ3) is 2.92. The van der Waals surface area contributed by atoms with Gasteiger partial charge in [0.25, 0.3) is 0 Å². The molecule has 1 unspecified atom stereocenters. The first-order chi connectivity index (χ1) is 9.86. The summed E-state index contributed by atoms with van der Waals surface area (Å²) < 4.78 is 0. The van der Waals surface area contributed by atoms with Gasteiger partial charge in [0.1, 0.15) is 0 Å². The van der Waals surface area contributed by atoms with Gasteiger partial charge in [0.05, 0.1) is 6.04 Å². The largest absolute Gasteiger partial charge is 0.316 e. The highest BCUT2D eigenvalue weighted by molar-refractivity contribution is 5.36. The van der Waals surface area contributed by atoms with E-state index in [-0.39, 0.29) is 6.04 Å². The van der Waals surface area contributed by atoms with Gasteiger partial charge in [-0.1, -0.05) is 48.5 Å². The van der Waals surface area contributed by atoms with Crippen molar-refractivity contribution < 1.29 is 5.21 Å². The minimum Gasteiger partial charge on any atom is -0.316 e. The van der Waals surface area contributed by atoms with Crippen molar-refractivity contribution in [3.63, 3.8) is 0 Å². The molecule has 3 rings (SSSR count). The SMILES string of the molecule is ONC1CCCc2cc(CCc3ccccc3)ccc21. The molecule has 2 aromatic carbocycles. The summed E-state index contributed by atoms with van der Waals surface area (Å²) >= 11 is 0. The van der Waals surface area contributed by atoms with Gasteiger partial charge in [-0.2, -0.15) is 5.48 Å². The molecule has 0 saturated heterocycles. The van der Waals surface area contributed by atoms with Crippen LogP contribution in [0.15, 0.2) is 48.5 Å². The van der Waals surface area contributed by atoms with E-state index < -0.39 is 0 Å². The number of fused-ring (bicyclic) bond motifs is 1. The van der Waals surface area contributed by atoms with Gasteiger partial charge in [-0.15, -0.1) is 0 Å². The number of rotatable bonds is 4. The van der Waals surface area contributed by atoms with E-state index in [0.29, 0.717) is 0 Å². The Labute approximate surface area is 120 Å². The average Bonchev–Trinajstić information content (AvgIpc) is 2.53. The molecule has 0 aliphatic heterocycles. The number of hydroxylamine groups is 1. The Morgan fingerprint density at radius 3 is 2.60 bits per heavy atom. The molecule has 0 radical (unpaired) electrons. The molecule has 0 amide bonds. The van der Waals surface area contributed by atoms with Gasteiger partial charge in [-0.05, 0) is 54.4 Å². The van der Waals surface area contributed by atoms with E-state index >= 15 is 0 Å². The molecule has 1 aliphatic rings. The van der Waals surface area contributed by atoms with Crippen LogP contribution in [-0.2, 0) is 19.3 Å². The molecule has 0 aromatic heterocycles. The summed E-state index contributed by atoms with van der Waals surface area (Å²) in [6, 6.07) is 17.4. The maximum atomic E-state index is 9.21. The van der Waals surface area contributed by atoms with Gasteiger partial charge >= 0.3 is 0 Å². The van der Waals surface area contributed by atoms with Gasteiger partial charge < -0.3 is 5.21 Å². The van der Waals surface area contributed by atoms with Crippen LogP contribution in [-0.4, -0.2) is 5.21 Å². The zero-order valence-electron chi connectivity index (χ0n) is 11.7. The van der Waals surface area contributed by atoms with Gasteiger partial charge in [0.15, 0.2) is 0 Å². The lowest BCUT2D eigenvalue weighted by Crippen LogP contribution is -2.22. The Bertz CT molecular complexity index is 565. The van der Waals surface area contributed by atoms with Crippen LogP contribution in [0.2, 0.25) is 0 Å². The third-order valence-electron chi connectivity index (χ3n) is 4.22. The van der Waals surface area contributed by atoms with E-state index in [1.165, 1.54) is 22.3 Å². The van der Waals surface area contributed by atoms with Crippen LogP contribution in [0.25, 0.3) is 0 Å². The molecule has 0 saturated carbocycles. The molecule has 0 bridgehead atoms. The van der Waals surface area contributed by atoms with Gasteiger partial charge in [0, 0.05) is 0 Å². The molecule has 1 atom stereocenters. The lowest BCUT2D eigenvalue weighted by molar-refractivity contribution is 0.117. The lowest BCUT2D eigenvalue weighted by atomic mass is 9.86. The summed E-state index contributed by atoms with van der Waals surface area (Å²) in [5.41, 5.74) is 7.88. The number of nitrogens with one attached hydrogen (secondary N) is 1. The van der Waals surface area contributed by atoms with Crippen LogP contribution in [0.3, 0.4) is 0 Å². The maximum absolute atomic E-state index is 9.21. The molecular weight excluding hydrogens is 246 g/mol. The van der Waals surface area contributed by atoms with E-state index in [1.54, 1.807) is 0 Å². The fourth-order valence-corrected chi connectivity index (χ4v) is 3.09. The lowest BCUT2D eigenvalue weighted by Gasteiger charge is -2.24. The fourth-order valence-electron chi connectivity index (χ4n) is 3.09. The summed E-state index contributed by atoms with van der Waals surface area (Å²) in [5.74, 6) is 0. The fraction of sp³-hybridized carbons (Fsp3) is 0.333. The Morgan fingerprint density at radius 1 is 1.00 bits per heavy atom. The molecule has 1 aliphatic carbocycles. The Morgan fingerprint density at radius 2 is 1.80 bits per heavy atom. The minimum absolute atomic E-state index is 0.113. The van der Waals surface area contributed by atoms with Crippen LogP contribution in [0.1, 0.15) is 41.1 Å². The summed E-state index contributed by atoms with van der Waals surface area (Å²) in [7, 11) is 0. The number of hydrogen-bond acceptors (Lipinski definition) is 2. The predicted octanol–water partition coefficient (Wildman–Crippen LogP) is 3.83. The van der Waals surface area contributed by atoms with E-state index in [2.05, 4.69) is 54.0 Å². The normalized spacial score (nSPS) is 17.8. The number of hydrogen-bond donors (Lipinski definition) is 2.